The first-order chi connectivity index (χ1) is 9.70. The number of benzene rings is 1. The number of hydrogen-bond donors (Lipinski definition) is 2. The number of nitrogens with one attached hydrogen (secondary N) is 1. The molecule has 1 saturated carbocycles. The molecule has 1 aliphatic heterocycles. The predicted molar refractivity (Wildman–Crippen MR) is 86.9 cm³/mol. The Morgan fingerprint density at radius 1 is 1.35 bits per heavy atom. The van der Waals surface area contributed by atoms with Crippen molar-refractivity contribution in [3.63, 3.8) is 0 Å². The summed E-state index contributed by atoms with van der Waals surface area (Å²) in [4.78, 5) is 3.61. The average Bonchev–Trinajstić information content (AvgIpc) is 2.99. The molecule has 20 heavy (non-hydrogen) atoms. The Morgan fingerprint density at radius 2 is 2.05 bits per heavy atom. The number of fused-ring (bicyclic) bond motifs is 1. The van der Waals surface area contributed by atoms with E-state index < -0.39 is 0 Å². The van der Waals surface area contributed by atoms with E-state index in [0.29, 0.717) is 0 Å². The van der Waals surface area contributed by atoms with Gasteiger partial charge in [-0.05, 0) is 42.6 Å². The maximum Gasteiger partial charge on any atom is 0.126 e. The fourth-order valence-corrected chi connectivity index (χ4v) is 4.61. The van der Waals surface area contributed by atoms with Crippen LogP contribution in [0.15, 0.2) is 23.1 Å². The lowest BCUT2D eigenvalue weighted by Crippen LogP contribution is -2.25. The van der Waals surface area contributed by atoms with Crippen molar-refractivity contribution in [2.75, 3.05) is 23.7 Å². The molecule has 2 aliphatic rings. The molecule has 1 aliphatic carbocycles. The van der Waals surface area contributed by atoms with Gasteiger partial charge in [-0.15, -0.1) is 11.8 Å². The summed E-state index contributed by atoms with van der Waals surface area (Å²) in [6, 6.07) is 6.33. The Hall–Kier alpha value is -1.16. The molecule has 0 aromatic heterocycles. The smallest absolute Gasteiger partial charge is 0.126 e. The normalized spacial score (nSPS) is 24.9. The molecule has 2 unspecified atom stereocenters. The Kier molecular flexibility index (Phi) is 3.92. The highest BCUT2D eigenvalue weighted by Crippen LogP contribution is 2.41. The second-order valence-electron chi connectivity index (χ2n) is 5.85. The first-order valence-electron chi connectivity index (χ1n) is 7.55. The van der Waals surface area contributed by atoms with Gasteiger partial charge in [-0.3, -0.25) is 5.41 Å². The van der Waals surface area contributed by atoms with Gasteiger partial charge in [0, 0.05) is 23.7 Å². The van der Waals surface area contributed by atoms with E-state index in [1.165, 1.54) is 24.9 Å². The number of rotatable bonds is 4. The first kappa shape index (κ1) is 13.8. The highest BCUT2D eigenvalue weighted by molar-refractivity contribution is 7.99. The van der Waals surface area contributed by atoms with E-state index in [4.69, 9.17) is 11.1 Å². The molecule has 2 atom stereocenters. The molecule has 1 saturated heterocycles. The topological polar surface area (TPSA) is 53.1 Å². The number of nitrogens with zero attached hydrogens (tertiary/aromatic N) is 1. The van der Waals surface area contributed by atoms with E-state index in [1.807, 2.05) is 0 Å². The van der Waals surface area contributed by atoms with Crippen molar-refractivity contribution in [2.24, 2.45) is 17.6 Å². The van der Waals surface area contributed by atoms with E-state index in [0.717, 1.165) is 41.1 Å². The van der Waals surface area contributed by atoms with Crippen LogP contribution in [0.3, 0.4) is 0 Å². The minimum atomic E-state index is 0.202. The minimum Gasteiger partial charge on any atom is -0.384 e. The summed E-state index contributed by atoms with van der Waals surface area (Å²) in [6.45, 7) is 4.43. The Balaban J connectivity index is 1.93. The number of nitrogens with two attached hydrogens (primary N) is 1. The van der Waals surface area contributed by atoms with Crippen molar-refractivity contribution >= 4 is 23.3 Å². The zero-order valence-electron chi connectivity index (χ0n) is 12.1. The van der Waals surface area contributed by atoms with Crippen LogP contribution in [0.5, 0.6) is 0 Å². The molecule has 4 heteroatoms. The summed E-state index contributed by atoms with van der Waals surface area (Å²) < 4.78 is 0. The standard InChI is InChI=1S/C16H23N3S/c1-2-20-14-8-4-7-13(15(14)16(17)18)19-9-11-5-3-6-12(11)10-19/h4,7-8,11-12H,2-3,5-6,9-10H2,1H3,(H3,17,18). The van der Waals surface area contributed by atoms with Gasteiger partial charge < -0.3 is 10.6 Å². The lowest BCUT2D eigenvalue weighted by Gasteiger charge is -2.24. The van der Waals surface area contributed by atoms with Gasteiger partial charge in [0.2, 0.25) is 0 Å². The summed E-state index contributed by atoms with van der Waals surface area (Å²) in [5.41, 5.74) is 7.99. The molecule has 108 valence electrons. The van der Waals surface area contributed by atoms with Crippen LogP contribution < -0.4 is 10.6 Å². The summed E-state index contributed by atoms with van der Waals surface area (Å²) in [5.74, 6) is 2.93. The zero-order chi connectivity index (χ0) is 14.1. The molecule has 0 amide bonds. The van der Waals surface area contributed by atoms with Gasteiger partial charge in [-0.1, -0.05) is 19.4 Å². The fourth-order valence-electron chi connectivity index (χ4n) is 3.76. The molecule has 1 aromatic carbocycles. The fraction of sp³-hybridized carbons (Fsp3) is 0.562. The van der Waals surface area contributed by atoms with Crippen molar-refractivity contribution in [3.8, 4) is 0 Å². The van der Waals surface area contributed by atoms with E-state index in [-0.39, 0.29) is 5.84 Å². The molecule has 0 radical (unpaired) electrons. The second kappa shape index (κ2) is 5.68. The molecular formula is C16H23N3S. The molecule has 1 heterocycles. The monoisotopic (exact) mass is 289 g/mol. The summed E-state index contributed by atoms with van der Waals surface area (Å²) >= 11 is 1.78. The van der Waals surface area contributed by atoms with Gasteiger partial charge in [0.15, 0.2) is 0 Å². The SMILES string of the molecule is CCSc1cccc(N2CC3CCCC3C2)c1C(=N)N. The number of nitrogen functional groups attached to an aromatic ring is 1. The number of hydrogen-bond acceptors (Lipinski definition) is 3. The third-order valence-electron chi connectivity index (χ3n) is 4.64. The summed E-state index contributed by atoms with van der Waals surface area (Å²) in [6.07, 6.45) is 4.15. The van der Waals surface area contributed by atoms with Crippen molar-refractivity contribution in [1.82, 2.24) is 0 Å². The zero-order valence-corrected chi connectivity index (χ0v) is 12.9. The molecule has 0 spiro atoms. The van der Waals surface area contributed by atoms with Gasteiger partial charge in [0.1, 0.15) is 5.84 Å². The van der Waals surface area contributed by atoms with Crippen molar-refractivity contribution in [3.05, 3.63) is 23.8 Å². The van der Waals surface area contributed by atoms with Crippen molar-refractivity contribution in [2.45, 2.75) is 31.1 Å². The Morgan fingerprint density at radius 3 is 2.65 bits per heavy atom. The average molecular weight is 289 g/mol. The number of amidine groups is 1. The largest absolute Gasteiger partial charge is 0.384 e. The highest BCUT2D eigenvalue weighted by atomic mass is 32.2. The number of thioether (sulfide) groups is 1. The van der Waals surface area contributed by atoms with Crippen LogP contribution in [-0.2, 0) is 0 Å². The van der Waals surface area contributed by atoms with Crippen LogP contribution in [0.2, 0.25) is 0 Å². The van der Waals surface area contributed by atoms with Gasteiger partial charge >= 0.3 is 0 Å². The molecule has 1 aromatic rings. The number of anilines is 1. The van der Waals surface area contributed by atoms with Gasteiger partial charge in [-0.25, -0.2) is 0 Å². The van der Waals surface area contributed by atoms with Crippen LogP contribution in [0.25, 0.3) is 0 Å². The second-order valence-corrected chi connectivity index (χ2v) is 7.16. The summed E-state index contributed by atoms with van der Waals surface area (Å²) in [7, 11) is 0. The molecule has 2 fully saturated rings. The van der Waals surface area contributed by atoms with Gasteiger partial charge in [0.25, 0.3) is 0 Å². The quantitative estimate of drug-likeness (QED) is 0.508. The third kappa shape index (κ3) is 2.41. The Labute approximate surface area is 125 Å². The van der Waals surface area contributed by atoms with Crippen LogP contribution in [-0.4, -0.2) is 24.7 Å². The lowest BCUT2D eigenvalue weighted by atomic mass is 10.0. The van der Waals surface area contributed by atoms with Crippen molar-refractivity contribution < 1.29 is 0 Å². The predicted octanol–water partition coefficient (Wildman–Crippen LogP) is 3.32. The maximum absolute atomic E-state index is 7.96. The van der Waals surface area contributed by atoms with E-state index in [1.54, 1.807) is 11.8 Å². The van der Waals surface area contributed by atoms with Crippen LogP contribution in [0.1, 0.15) is 31.7 Å². The third-order valence-corrected chi connectivity index (χ3v) is 5.58. The maximum atomic E-state index is 7.96. The van der Waals surface area contributed by atoms with Gasteiger partial charge in [-0.2, -0.15) is 0 Å². The molecule has 3 N–H and O–H groups in total. The molecular weight excluding hydrogens is 266 g/mol. The van der Waals surface area contributed by atoms with E-state index in [9.17, 15) is 0 Å². The first-order valence-corrected chi connectivity index (χ1v) is 8.54. The van der Waals surface area contributed by atoms with Crippen LogP contribution >= 0.6 is 11.8 Å². The molecule has 3 nitrogen and oxygen atoms in total. The molecule has 0 bridgehead atoms. The lowest BCUT2D eigenvalue weighted by molar-refractivity contribution is 0.494. The molecule has 3 rings (SSSR count). The minimum absolute atomic E-state index is 0.202. The van der Waals surface area contributed by atoms with E-state index in [2.05, 4.69) is 30.0 Å². The van der Waals surface area contributed by atoms with E-state index >= 15 is 0 Å². The van der Waals surface area contributed by atoms with Crippen LogP contribution in [0.4, 0.5) is 5.69 Å². The van der Waals surface area contributed by atoms with Crippen LogP contribution in [0, 0.1) is 17.2 Å². The summed E-state index contributed by atoms with van der Waals surface area (Å²) in [5, 5.41) is 7.96. The highest BCUT2D eigenvalue weighted by Gasteiger charge is 2.37. The van der Waals surface area contributed by atoms with Gasteiger partial charge in [0.05, 0.1) is 5.56 Å². The Bertz CT molecular complexity index is 502. The van der Waals surface area contributed by atoms with Crippen molar-refractivity contribution in [1.29, 1.82) is 5.41 Å².